The van der Waals surface area contributed by atoms with Gasteiger partial charge in [0.05, 0.1) is 0 Å². The normalized spacial score (nSPS) is 10.7. The van der Waals surface area contributed by atoms with E-state index in [9.17, 15) is 9.59 Å². The van der Waals surface area contributed by atoms with Crippen LogP contribution in [0.3, 0.4) is 0 Å². The minimum atomic E-state index is -0.604. The number of esters is 2. The first-order chi connectivity index (χ1) is 12.9. The number of allylic oxidation sites excluding steroid dienone is 1. The Labute approximate surface area is 167 Å². The molecule has 156 valence electrons. The smallest absolute Gasteiger partial charge is 0.342 e. The van der Waals surface area contributed by atoms with Crippen LogP contribution in [-0.4, -0.2) is 11.9 Å². The summed E-state index contributed by atoms with van der Waals surface area (Å²) >= 11 is 0. The van der Waals surface area contributed by atoms with E-state index in [1.807, 2.05) is 0 Å². The van der Waals surface area contributed by atoms with Crippen LogP contribution in [0.5, 0.6) is 0 Å². The summed E-state index contributed by atoms with van der Waals surface area (Å²) in [5, 5.41) is 0. The molecule has 0 aliphatic heterocycles. The predicted molar refractivity (Wildman–Crippen MR) is 115 cm³/mol. The van der Waals surface area contributed by atoms with Gasteiger partial charge in [-0.25, -0.2) is 9.59 Å². The summed E-state index contributed by atoms with van der Waals surface area (Å²) in [5.74, 6) is -0.839. The van der Waals surface area contributed by atoms with E-state index >= 15 is 0 Å². The van der Waals surface area contributed by atoms with E-state index in [1.165, 1.54) is 5.57 Å². The van der Waals surface area contributed by atoms with Crippen LogP contribution in [0.25, 0.3) is 0 Å². The van der Waals surface area contributed by atoms with Crippen molar-refractivity contribution in [3.05, 3.63) is 23.3 Å². The van der Waals surface area contributed by atoms with Crippen LogP contribution in [0.4, 0.5) is 0 Å². The quantitative estimate of drug-likeness (QED) is 0.170. The van der Waals surface area contributed by atoms with Gasteiger partial charge in [0.15, 0.2) is 0 Å². The lowest BCUT2D eigenvalue weighted by atomic mass is 9.83. The van der Waals surface area contributed by atoms with E-state index in [0.29, 0.717) is 0 Å². The number of carbonyl (C=O) groups is 2. The van der Waals surface area contributed by atoms with Crippen LogP contribution in [0.15, 0.2) is 23.3 Å². The average Bonchev–Trinajstić information content (AvgIpc) is 2.64. The van der Waals surface area contributed by atoms with Crippen molar-refractivity contribution in [2.24, 2.45) is 5.92 Å². The molecule has 0 rings (SSSR count). The second-order valence-electron chi connectivity index (χ2n) is 7.66. The third-order valence-corrected chi connectivity index (χ3v) is 5.02. The van der Waals surface area contributed by atoms with Gasteiger partial charge in [-0.3, -0.25) is 0 Å². The minimum Gasteiger partial charge on any atom is -0.386 e. The van der Waals surface area contributed by atoms with Crippen LogP contribution in [-0.2, 0) is 14.3 Å². The number of unbranched alkanes of at least 4 members (excludes halogenated alkanes) is 4. The van der Waals surface area contributed by atoms with E-state index in [-0.39, 0.29) is 11.5 Å². The highest BCUT2D eigenvalue weighted by atomic mass is 16.6. The van der Waals surface area contributed by atoms with Crippen molar-refractivity contribution < 1.29 is 14.3 Å². The van der Waals surface area contributed by atoms with Crippen molar-refractivity contribution in [3.8, 4) is 0 Å². The van der Waals surface area contributed by atoms with Crippen molar-refractivity contribution in [2.75, 3.05) is 0 Å². The van der Waals surface area contributed by atoms with Gasteiger partial charge in [-0.1, -0.05) is 78.4 Å². The standard InChI is InChI=1S/C24H42O3/c1-7-11-15-20(16-12-8-2)22(24(26)27-23(25)19(5)6)21(17-13-9-3)18-14-10-4/h20H,5,7-18H2,1-4,6H3. The molecular formula is C24H42O3. The topological polar surface area (TPSA) is 43.4 Å². The van der Waals surface area contributed by atoms with E-state index in [0.717, 1.165) is 82.6 Å². The Balaban J connectivity index is 5.92. The molecule has 0 aromatic rings. The lowest BCUT2D eigenvalue weighted by Gasteiger charge is -2.23. The molecule has 27 heavy (non-hydrogen) atoms. The van der Waals surface area contributed by atoms with Gasteiger partial charge in [-0.15, -0.1) is 0 Å². The van der Waals surface area contributed by atoms with E-state index in [2.05, 4.69) is 34.3 Å². The van der Waals surface area contributed by atoms with E-state index < -0.39 is 11.9 Å². The Morgan fingerprint density at radius 3 is 1.59 bits per heavy atom. The number of hydrogen-bond donors (Lipinski definition) is 0. The Kier molecular flexibility index (Phi) is 14.9. The molecule has 0 unspecified atom stereocenters. The van der Waals surface area contributed by atoms with Crippen LogP contribution in [0, 0.1) is 5.92 Å². The fourth-order valence-corrected chi connectivity index (χ4v) is 3.33. The van der Waals surface area contributed by atoms with Crippen LogP contribution >= 0.6 is 0 Å². The van der Waals surface area contributed by atoms with Gasteiger partial charge >= 0.3 is 11.9 Å². The van der Waals surface area contributed by atoms with Crippen LogP contribution < -0.4 is 0 Å². The van der Waals surface area contributed by atoms with Gasteiger partial charge in [-0.2, -0.15) is 0 Å². The number of rotatable bonds is 15. The van der Waals surface area contributed by atoms with Gasteiger partial charge in [0.2, 0.25) is 0 Å². The highest BCUT2D eigenvalue weighted by molar-refractivity contribution is 6.01. The predicted octanol–water partition coefficient (Wildman–Crippen LogP) is 7.31. The maximum Gasteiger partial charge on any atom is 0.342 e. The summed E-state index contributed by atoms with van der Waals surface area (Å²) in [6.07, 6.45) is 12.6. The maximum absolute atomic E-state index is 13.1. The largest absolute Gasteiger partial charge is 0.386 e. The van der Waals surface area contributed by atoms with Gasteiger partial charge in [0, 0.05) is 11.1 Å². The first-order valence-corrected chi connectivity index (χ1v) is 11.1. The highest BCUT2D eigenvalue weighted by Crippen LogP contribution is 2.32. The molecule has 0 atom stereocenters. The van der Waals surface area contributed by atoms with Crippen molar-refractivity contribution >= 4 is 11.9 Å². The molecule has 0 aromatic heterocycles. The monoisotopic (exact) mass is 378 g/mol. The van der Waals surface area contributed by atoms with Gasteiger partial charge < -0.3 is 4.74 Å². The van der Waals surface area contributed by atoms with Crippen molar-refractivity contribution in [1.29, 1.82) is 0 Å². The van der Waals surface area contributed by atoms with E-state index in [4.69, 9.17) is 4.74 Å². The summed E-state index contributed by atoms with van der Waals surface area (Å²) in [4.78, 5) is 25.0. The molecule has 0 heterocycles. The zero-order valence-corrected chi connectivity index (χ0v) is 18.5. The highest BCUT2D eigenvalue weighted by Gasteiger charge is 2.27. The van der Waals surface area contributed by atoms with Crippen LogP contribution in [0.2, 0.25) is 0 Å². The summed E-state index contributed by atoms with van der Waals surface area (Å²) in [6, 6.07) is 0. The van der Waals surface area contributed by atoms with Gasteiger partial charge in [0.1, 0.15) is 0 Å². The zero-order chi connectivity index (χ0) is 20.7. The first kappa shape index (κ1) is 25.6. The zero-order valence-electron chi connectivity index (χ0n) is 18.5. The average molecular weight is 379 g/mol. The lowest BCUT2D eigenvalue weighted by molar-refractivity contribution is -0.154. The molecule has 0 radical (unpaired) electrons. The summed E-state index contributed by atoms with van der Waals surface area (Å²) < 4.78 is 5.22. The fourth-order valence-electron chi connectivity index (χ4n) is 3.33. The molecule has 0 saturated heterocycles. The minimum absolute atomic E-state index is 0.194. The van der Waals surface area contributed by atoms with Crippen LogP contribution in [0.1, 0.15) is 112 Å². The molecule has 0 amide bonds. The van der Waals surface area contributed by atoms with Crippen molar-refractivity contribution in [3.63, 3.8) is 0 Å². The number of ether oxygens (including phenoxy) is 1. The molecule has 0 aromatic carbocycles. The molecule has 0 aliphatic carbocycles. The number of carbonyl (C=O) groups excluding carboxylic acids is 2. The molecule has 3 heteroatoms. The van der Waals surface area contributed by atoms with Gasteiger partial charge in [-0.05, 0) is 51.4 Å². The maximum atomic E-state index is 13.1. The molecule has 3 nitrogen and oxygen atoms in total. The molecule has 0 bridgehead atoms. The van der Waals surface area contributed by atoms with Crippen molar-refractivity contribution in [1.82, 2.24) is 0 Å². The first-order valence-electron chi connectivity index (χ1n) is 11.1. The molecule has 0 saturated carbocycles. The van der Waals surface area contributed by atoms with E-state index in [1.54, 1.807) is 6.92 Å². The summed E-state index contributed by atoms with van der Waals surface area (Å²) in [7, 11) is 0. The lowest BCUT2D eigenvalue weighted by Crippen LogP contribution is -2.22. The van der Waals surface area contributed by atoms with Crippen molar-refractivity contribution in [2.45, 2.75) is 112 Å². The van der Waals surface area contributed by atoms with Gasteiger partial charge in [0.25, 0.3) is 0 Å². The number of hydrogen-bond acceptors (Lipinski definition) is 3. The molecular weight excluding hydrogens is 336 g/mol. The second kappa shape index (κ2) is 15.7. The Hall–Kier alpha value is -1.38. The molecule has 0 aliphatic rings. The third-order valence-electron chi connectivity index (χ3n) is 5.02. The summed E-state index contributed by atoms with van der Waals surface area (Å²) in [5.41, 5.74) is 2.29. The Bertz CT molecular complexity index is 470. The Morgan fingerprint density at radius 2 is 1.22 bits per heavy atom. The molecule has 0 spiro atoms. The third kappa shape index (κ3) is 10.5. The second-order valence-corrected chi connectivity index (χ2v) is 7.66. The fraction of sp³-hybridized carbons (Fsp3) is 0.750. The SMILES string of the molecule is C=C(C)C(=O)OC(=O)C(=C(CCCC)CCCC)C(CCCC)CCCC. The Morgan fingerprint density at radius 1 is 0.778 bits per heavy atom. The molecule has 0 fully saturated rings. The molecule has 0 N–H and O–H groups in total. The summed E-state index contributed by atoms with van der Waals surface area (Å²) in [6.45, 7) is 13.9.